The molecule has 0 bridgehead atoms. The second-order valence-electron chi connectivity index (χ2n) is 7.13. The molecule has 4 rings (SSSR count). The average molecular weight is 335 g/mol. The normalized spacial score (nSPS) is 15.8. The van der Waals surface area contributed by atoms with Crippen LogP contribution in [-0.4, -0.2) is 33.4 Å². The number of aryl methyl sites for hydroxylation is 2. The molecule has 3 heterocycles. The molecule has 0 radical (unpaired) electrons. The number of para-hydroxylation sites is 1. The van der Waals surface area contributed by atoms with E-state index in [1.165, 1.54) is 11.4 Å². The van der Waals surface area contributed by atoms with Gasteiger partial charge in [-0.15, -0.1) is 0 Å². The molecule has 0 aliphatic carbocycles. The Bertz CT molecular complexity index is 877. The van der Waals surface area contributed by atoms with Crippen LogP contribution in [0.1, 0.15) is 35.8 Å². The Kier molecular flexibility index (Phi) is 4.12. The van der Waals surface area contributed by atoms with Gasteiger partial charge < -0.3 is 14.5 Å². The van der Waals surface area contributed by atoms with Crippen LogP contribution < -0.4 is 0 Å². The van der Waals surface area contributed by atoms with E-state index in [1.807, 2.05) is 23.2 Å². The number of fused-ring (bicyclic) bond motifs is 1. The number of likely N-dealkylation sites (tertiary alicyclic amines) is 1. The van der Waals surface area contributed by atoms with Gasteiger partial charge >= 0.3 is 0 Å². The largest absolute Gasteiger partial charge is 0.361 e. The lowest BCUT2D eigenvalue weighted by Gasteiger charge is -2.34. The van der Waals surface area contributed by atoms with Gasteiger partial charge in [-0.25, -0.2) is 0 Å². The van der Waals surface area contributed by atoms with Crippen LogP contribution in [0, 0.1) is 13.8 Å². The van der Waals surface area contributed by atoms with Crippen molar-refractivity contribution < 1.29 is 4.79 Å². The first-order valence-electron chi connectivity index (χ1n) is 9.10. The number of piperidine rings is 1. The summed E-state index contributed by atoms with van der Waals surface area (Å²) in [4.78, 5) is 18.0. The molecule has 1 saturated heterocycles. The maximum Gasteiger partial charge on any atom is 0.227 e. The summed E-state index contributed by atoms with van der Waals surface area (Å²) in [7, 11) is 0. The Labute approximate surface area is 148 Å². The lowest BCUT2D eigenvalue weighted by molar-refractivity contribution is -0.131. The smallest absolute Gasteiger partial charge is 0.227 e. The predicted molar refractivity (Wildman–Crippen MR) is 101 cm³/mol. The number of hydrogen-bond acceptors (Lipinski definition) is 1. The van der Waals surface area contributed by atoms with Gasteiger partial charge in [0.05, 0.1) is 6.42 Å². The third-order valence-electron chi connectivity index (χ3n) is 5.52. The number of carbonyl (C=O) groups is 1. The third-order valence-corrected chi connectivity index (χ3v) is 5.52. The molecule has 0 saturated carbocycles. The van der Waals surface area contributed by atoms with E-state index >= 15 is 0 Å². The van der Waals surface area contributed by atoms with Crippen molar-refractivity contribution in [3.63, 3.8) is 0 Å². The topological polar surface area (TPSA) is 41.0 Å². The number of nitrogens with zero attached hydrogens (tertiary/aromatic N) is 2. The first-order valence-corrected chi connectivity index (χ1v) is 9.10. The molecular formula is C21H25N3O. The molecule has 130 valence electrons. The van der Waals surface area contributed by atoms with Crippen molar-refractivity contribution in [2.24, 2.45) is 0 Å². The second kappa shape index (κ2) is 6.43. The van der Waals surface area contributed by atoms with Crippen LogP contribution in [0.15, 0.2) is 42.6 Å². The fraction of sp³-hybridized carbons (Fsp3) is 0.381. The van der Waals surface area contributed by atoms with Gasteiger partial charge in [0, 0.05) is 47.6 Å². The summed E-state index contributed by atoms with van der Waals surface area (Å²) in [5.74, 6) is 0.240. The van der Waals surface area contributed by atoms with Gasteiger partial charge in [-0.05, 0) is 50.5 Å². The molecule has 4 heteroatoms. The van der Waals surface area contributed by atoms with Crippen molar-refractivity contribution in [3.8, 4) is 0 Å². The van der Waals surface area contributed by atoms with Gasteiger partial charge in [-0.2, -0.15) is 0 Å². The first kappa shape index (κ1) is 16.0. The minimum atomic E-state index is 0.240. The minimum Gasteiger partial charge on any atom is -0.361 e. The SMILES string of the molecule is Cc1ccc(C)n1C1CCN(C(=O)Cc2c[nH]c3ccccc23)CC1. The Morgan fingerprint density at radius 2 is 1.76 bits per heavy atom. The van der Waals surface area contributed by atoms with Crippen molar-refractivity contribution in [1.82, 2.24) is 14.5 Å². The quantitative estimate of drug-likeness (QED) is 0.772. The fourth-order valence-electron chi connectivity index (χ4n) is 4.18. The number of hydrogen-bond donors (Lipinski definition) is 1. The molecule has 0 spiro atoms. The molecule has 25 heavy (non-hydrogen) atoms. The van der Waals surface area contributed by atoms with E-state index in [0.717, 1.165) is 42.4 Å². The first-order chi connectivity index (χ1) is 12.1. The molecule has 0 atom stereocenters. The van der Waals surface area contributed by atoms with Crippen LogP contribution in [0.2, 0.25) is 0 Å². The molecule has 1 aliphatic heterocycles. The molecular weight excluding hydrogens is 310 g/mol. The summed E-state index contributed by atoms with van der Waals surface area (Å²) < 4.78 is 2.43. The Balaban J connectivity index is 1.41. The maximum atomic E-state index is 12.7. The van der Waals surface area contributed by atoms with E-state index in [2.05, 4.69) is 47.7 Å². The van der Waals surface area contributed by atoms with Gasteiger partial charge in [0.2, 0.25) is 5.91 Å². The average Bonchev–Trinajstić information content (AvgIpc) is 3.19. The highest BCUT2D eigenvalue weighted by Gasteiger charge is 2.25. The zero-order valence-electron chi connectivity index (χ0n) is 15.0. The van der Waals surface area contributed by atoms with Crippen LogP contribution in [0.25, 0.3) is 10.9 Å². The van der Waals surface area contributed by atoms with Crippen molar-refractivity contribution in [2.45, 2.75) is 39.2 Å². The van der Waals surface area contributed by atoms with E-state index in [-0.39, 0.29) is 5.91 Å². The van der Waals surface area contributed by atoms with Crippen molar-refractivity contribution in [1.29, 1.82) is 0 Å². The molecule has 1 aromatic carbocycles. The zero-order valence-corrected chi connectivity index (χ0v) is 15.0. The molecule has 2 aromatic heterocycles. The molecule has 1 N–H and O–H groups in total. The van der Waals surface area contributed by atoms with Gasteiger partial charge in [-0.3, -0.25) is 4.79 Å². The number of nitrogens with one attached hydrogen (secondary N) is 1. The van der Waals surface area contributed by atoms with E-state index in [4.69, 9.17) is 0 Å². The summed E-state index contributed by atoms with van der Waals surface area (Å²) in [5, 5.41) is 1.16. The lowest BCUT2D eigenvalue weighted by atomic mass is 10.0. The molecule has 1 amide bonds. The van der Waals surface area contributed by atoms with Gasteiger partial charge in [-0.1, -0.05) is 18.2 Å². The third kappa shape index (κ3) is 2.97. The van der Waals surface area contributed by atoms with Gasteiger partial charge in [0.1, 0.15) is 0 Å². The number of amides is 1. The fourth-order valence-corrected chi connectivity index (χ4v) is 4.18. The zero-order chi connectivity index (χ0) is 17.4. The number of H-pyrrole nitrogens is 1. The lowest BCUT2D eigenvalue weighted by Crippen LogP contribution is -2.40. The van der Waals surface area contributed by atoms with Crippen LogP contribution in [0.4, 0.5) is 0 Å². The molecule has 1 aliphatic rings. The Morgan fingerprint density at radius 3 is 2.48 bits per heavy atom. The predicted octanol–water partition coefficient (Wildman–Crippen LogP) is 3.99. The standard InChI is InChI=1S/C21H25N3O/c1-15-7-8-16(2)24(15)18-9-11-23(12-10-18)21(25)13-17-14-22-20-6-4-3-5-19(17)20/h3-8,14,18,22H,9-13H2,1-2H3. The van der Waals surface area contributed by atoms with Crippen molar-refractivity contribution in [2.75, 3.05) is 13.1 Å². The Hall–Kier alpha value is -2.49. The maximum absolute atomic E-state index is 12.7. The number of rotatable bonds is 3. The van der Waals surface area contributed by atoms with Gasteiger partial charge in [0.15, 0.2) is 0 Å². The van der Waals surface area contributed by atoms with Crippen molar-refractivity contribution in [3.05, 3.63) is 59.5 Å². The highest BCUT2D eigenvalue weighted by molar-refractivity contribution is 5.88. The van der Waals surface area contributed by atoms with E-state index in [1.54, 1.807) is 0 Å². The second-order valence-corrected chi connectivity index (χ2v) is 7.13. The summed E-state index contributed by atoms with van der Waals surface area (Å²) in [6.45, 7) is 6.04. The number of aromatic amines is 1. The minimum absolute atomic E-state index is 0.240. The summed E-state index contributed by atoms with van der Waals surface area (Å²) in [6.07, 6.45) is 4.53. The van der Waals surface area contributed by atoms with Crippen LogP contribution >= 0.6 is 0 Å². The molecule has 3 aromatic rings. The van der Waals surface area contributed by atoms with Crippen LogP contribution in [0.3, 0.4) is 0 Å². The van der Waals surface area contributed by atoms with E-state index in [0.29, 0.717) is 12.5 Å². The van der Waals surface area contributed by atoms with Crippen LogP contribution in [0.5, 0.6) is 0 Å². The van der Waals surface area contributed by atoms with Crippen molar-refractivity contribution >= 4 is 16.8 Å². The van der Waals surface area contributed by atoms with Gasteiger partial charge in [0.25, 0.3) is 0 Å². The number of carbonyl (C=O) groups excluding carboxylic acids is 1. The number of benzene rings is 1. The molecule has 0 unspecified atom stereocenters. The summed E-state index contributed by atoms with van der Waals surface area (Å²) >= 11 is 0. The molecule has 1 fully saturated rings. The number of aromatic nitrogens is 2. The van der Waals surface area contributed by atoms with E-state index in [9.17, 15) is 4.79 Å². The summed E-state index contributed by atoms with van der Waals surface area (Å²) in [6, 6.07) is 13.1. The molecule has 4 nitrogen and oxygen atoms in total. The monoisotopic (exact) mass is 335 g/mol. The summed E-state index contributed by atoms with van der Waals surface area (Å²) in [5.41, 5.74) is 4.84. The highest BCUT2D eigenvalue weighted by Crippen LogP contribution is 2.27. The van der Waals surface area contributed by atoms with Crippen LogP contribution in [-0.2, 0) is 11.2 Å². The highest BCUT2D eigenvalue weighted by atomic mass is 16.2. The van der Waals surface area contributed by atoms with E-state index < -0.39 is 0 Å². The Morgan fingerprint density at radius 1 is 1.08 bits per heavy atom.